The highest BCUT2D eigenvalue weighted by molar-refractivity contribution is 5.94. The van der Waals surface area contributed by atoms with Crippen LogP contribution in [0.15, 0.2) is 53.7 Å². The number of nitrogens with zero attached hydrogens (tertiary/aromatic N) is 4. The number of nitrogens with one attached hydrogen (secondary N) is 3. The Hall–Kier alpha value is -3.92. The van der Waals surface area contributed by atoms with Crippen LogP contribution in [0.25, 0.3) is 27.8 Å². The van der Waals surface area contributed by atoms with E-state index in [4.69, 9.17) is 4.74 Å². The maximum absolute atomic E-state index is 12.9. The Balaban J connectivity index is 1.79. The fraction of sp³-hybridized carbons (Fsp3) is 0.304. The van der Waals surface area contributed by atoms with Gasteiger partial charge in [-0.05, 0) is 56.2 Å². The number of hydrogen-bond donors (Lipinski definition) is 3. The molecule has 0 aliphatic carbocycles. The summed E-state index contributed by atoms with van der Waals surface area (Å²) in [6.45, 7) is 6.22. The standard InChI is InChI=1S/C23H27N7O3/c1-5-24-23(32)28-22-26-18-11-17(12-19(21(18)27-22)30-9-6-8-25-30)16-7-10-29(20(31)13-16)14(2)15(3)33-4/h6-15H,5H2,1-4H3,(H3,24,26,27,28,32)/t14?,15-/m1/s1. The van der Waals surface area contributed by atoms with Gasteiger partial charge in [0.25, 0.3) is 5.56 Å². The van der Waals surface area contributed by atoms with E-state index in [1.54, 1.807) is 34.8 Å². The fourth-order valence-electron chi connectivity index (χ4n) is 3.65. The van der Waals surface area contributed by atoms with Crippen LogP contribution in [0.4, 0.5) is 10.7 Å². The number of aromatic nitrogens is 5. The highest BCUT2D eigenvalue weighted by Gasteiger charge is 2.17. The van der Waals surface area contributed by atoms with Gasteiger partial charge in [0.1, 0.15) is 5.52 Å². The predicted octanol–water partition coefficient (Wildman–Crippen LogP) is 3.31. The van der Waals surface area contributed by atoms with Crippen LogP contribution in [-0.4, -0.2) is 50.1 Å². The second-order valence-electron chi connectivity index (χ2n) is 7.75. The number of methoxy groups -OCH3 is 1. The molecule has 0 saturated carbocycles. The molecule has 1 unspecified atom stereocenters. The lowest BCUT2D eigenvalue weighted by Gasteiger charge is -2.21. The number of urea groups is 1. The number of pyridine rings is 1. The summed E-state index contributed by atoms with van der Waals surface area (Å²) in [5, 5.41) is 9.71. The number of H-pyrrole nitrogens is 1. The summed E-state index contributed by atoms with van der Waals surface area (Å²) in [5.41, 5.74) is 3.53. The Morgan fingerprint density at radius 3 is 2.70 bits per heavy atom. The average molecular weight is 450 g/mol. The van der Waals surface area contributed by atoms with Gasteiger partial charge in [-0.2, -0.15) is 5.10 Å². The lowest BCUT2D eigenvalue weighted by Crippen LogP contribution is -2.29. The van der Waals surface area contributed by atoms with E-state index in [1.807, 2.05) is 51.2 Å². The number of carbonyl (C=O) groups is 1. The van der Waals surface area contributed by atoms with Gasteiger partial charge in [-0.25, -0.2) is 14.5 Å². The topological polar surface area (TPSA) is 119 Å². The van der Waals surface area contributed by atoms with Crippen LogP contribution in [-0.2, 0) is 4.74 Å². The fourth-order valence-corrected chi connectivity index (χ4v) is 3.65. The summed E-state index contributed by atoms with van der Waals surface area (Å²) in [5.74, 6) is 0.319. The summed E-state index contributed by atoms with van der Waals surface area (Å²) in [4.78, 5) is 32.5. The van der Waals surface area contributed by atoms with Crippen molar-refractivity contribution in [3.8, 4) is 16.8 Å². The van der Waals surface area contributed by atoms with E-state index in [9.17, 15) is 9.59 Å². The van der Waals surface area contributed by atoms with Crippen molar-refractivity contribution in [2.75, 3.05) is 19.0 Å². The number of imidazole rings is 1. The second kappa shape index (κ2) is 9.29. The Morgan fingerprint density at radius 1 is 1.21 bits per heavy atom. The zero-order valence-corrected chi connectivity index (χ0v) is 19.0. The number of hydrogen-bond acceptors (Lipinski definition) is 5. The smallest absolute Gasteiger partial charge is 0.321 e. The van der Waals surface area contributed by atoms with Crippen LogP contribution in [0.3, 0.4) is 0 Å². The molecule has 1 aromatic carbocycles. The van der Waals surface area contributed by atoms with Crippen molar-refractivity contribution in [2.24, 2.45) is 0 Å². The summed E-state index contributed by atoms with van der Waals surface area (Å²) >= 11 is 0. The third-order valence-corrected chi connectivity index (χ3v) is 5.66. The minimum atomic E-state index is -0.347. The van der Waals surface area contributed by atoms with Gasteiger partial charge < -0.3 is 19.6 Å². The number of carbonyl (C=O) groups excluding carboxylic acids is 1. The van der Waals surface area contributed by atoms with Gasteiger partial charge in [0.2, 0.25) is 5.95 Å². The molecule has 33 heavy (non-hydrogen) atoms. The minimum absolute atomic E-state index is 0.0999. The highest BCUT2D eigenvalue weighted by Crippen LogP contribution is 2.29. The van der Waals surface area contributed by atoms with Gasteiger partial charge in [0.15, 0.2) is 0 Å². The molecule has 0 radical (unpaired) electrons. The molecule has 172 valence electrons. The van der Waals surface area contributed by atoms with Crippen molar-refractivity contribution in [2.45, 2.75) is 32.9 Å². The van der Waals surface area contributed by atoms with E-state index in [2.05, 4.69) is 25.7 Å². The van der Waals surface area contributed by atoms with E-state index >= 15 is 0 Å². The number of aromatic amines is 1. The van der Waals surface area contributed by atoms with Crippen LogP contribution in [0.1, 0.15) is 26.8 Å². The molecular weight excluding hydrogens is 422 g/mol. The monoisotopic (exact) mass is 449 g/mol. The lowest BCUT2D eigenvalue weighted by atomic mass is 10.0. The van der Waals surface area contributed by atoms with E-state index in [0.29, 0.717) is 23.5 Å². The Morgan fingerprint density at radius 2 is 2.03 bits per heavy atom. The van der Waals surface area contributed by atoms with Crippen LogP contribution >= 0.6 is 0 Å². The van der Waals surface area contributed by atoms with E-state index in [-0.39, 0.29) is 23.7 Å². The molecule has 2 amide bonds. The quantitative estimate of drug-likeness (QED) is 0.400. The number of ether oxygens (including phenoxy) is 1. The Bertz CT molecular complexity index is 1320. The first-order valence-corrected chi connectivity index (χ1v) is 10.7. The normalized spacial score (nSPS) is 13.1. The number of amides is 2. The number of fused-ring (bicyclic) bond motifs is 1. The molecule has 0 aliphatic rings. The van der Waals surface area contributed by atoms with Crippen molar-refractivity contribution in [1.82, 2.24) is 29.6 Å². The molecule has 2 atom stereocenters. The van der Waals surface area contributed by atoms with E-state index in [1.165, 1.54) is 0 Å². The largest absolute Gasteiger partial charge is 0.380 e. The average Bonchev–Trinajstić information content (AvgIpc) is 3.47. The van der Waals surface area contributed by atoms with Crippen molar-refractivity contribution >= 4 is 23.0 Å². The minimum Gasteiger partial charge on any atom is -0.380 e. The molecule has 0 fully saturated rings. The zero-order valence-electron chi connectivity index (χ0n) is 19.0. The number of rotatable bonds is 7. The molecule has 4 rings (SSSR count). The molecule has 0 saturated heterocycles. The highest BCUT2D eigenvalue weighted by atomic mass is 16.5. The van der Waals surface area contributed by atoms with Crippen molar-refractivity contribution in [3.63, 3.8) is 0 Å². The van der Waals surface area contributed by atoms with Crippen LogP contribution in [0.5, 0.6) is 0 Å². The van der Waals surface area contributed by atoms with Crippen LogP contribution < -0.4 is 16.2 Å². The molecule has 0 aliphatic heterocycles. The molecule has 10 nitrogen and oxygen atoms in total. The molecular formula is C23H27N7O3. The summed E-state index contributed by atoms with van der Waals surface area (Å²) in [6.07, 6.45) is 5.18. The number of benzene rings is 1. The number of anilines is 1. The third kappa shape index (κ3) is 4.51. The molecule has 0 spiro atoms. The molecule has 10 heteroatoms. The maximum atomic E-state index is 12.9. The SMILES string of the molecule is CCNC(=O)Nc1nc2c(-n3cccn3)cc(-c3ccn(C(C)[C@@H](C)OC)c(=O)c3)cc2[nH]1. The Kier molecular flexibility index (Phi) is 6.27. The summed E-state index contributed by atoms with van der Waals surface area (Å²) < 4.78 is 8.73. The first kappa shape index (κ1) is 22.3. The first-order valence-electron chi connectivity index (χ1n) is 10.7. The molecule has 4 aromatic rings. The summed E-state index contributed by atoms with van der Waals surface area (Å²) in [6, 6.07) is 8.70. The molecule has 0 bridgehead atoms. The first-order chi connectivity index (χ1) is 15.9. The second-order valence-corrected chi connectivity index (χ2v) is 7.75. The van der Waals surface area contributed by atoms with Gasteiger partial charge in [-0.3, -0.25) is 10.1 Å². The zero-order chi connectivity index (χ0) is 23.5. The van der Waals surface area contributed by atoms with E-state index < -0.39 is 0 Å². The van der Waals surface area contributed by atoms with Crippen LogP contribution in [0.2, 0.25) is 0 Å². The van der Waals surface area contributed by atoms with Crippen molar-refractivity contribution in [3.05, 3.63) is 59.3 Å². The lowest BCUT2D eigenvalue weighted by molar-refractivity contribution is 0.0765. The maximum Gasteiger partial charge on any atom is 0.321 e. The van der Waals surface area contributed by atoms with E-state index in [0.717, 1.165) is 16.8 Å². The third-order valence-electron chi connectivity index (χ3n) is 5.66. The van der Waals surface area contributed by atoms with Gasteiger partial charge in [-0.15, -0.1) is 0 Å². The van der Waals surface area contributed by atoms with Crippen molar-refractivity contribution in [1.29, 1.82) is 0 Å². The molecule has 3 aromatic heterocycles. The van der Waals surface area contributed by atoms with Gasteiger partial charge >= 0.3 is 6.03 Å². The van der Waals surface area contributed by atoms with Crippen molar-refractivity contribution < 1.29 is 9.53 Å². The van der Waals surface area contributed by atoms with Gasteiger partial charge in [-0.1, -0.05) is 0 Å². The molecule has 3 N–H and O–H groups in total. The Labute approximate surface area is 190 Å². The van der Waals surface area contributed by atoms with Gasteiger partial charge in [0.05, 0.1) is 23.3 Å². The molecule has 3 heterocycles. The van der Waals surface area contributed by atoms with Crippen LogP contribution in [0, 0.1) is 0 Å². The van der Waals surface area contributed by atoms with Gasteiger partial charge in [0, 0.05) is 38.3 Å². The summed E-state index contributed by atoms with van der Waals surface area (Å²) in [7, 11) is 1.63. The predicted molar refractivity (Wildman–Crippen MR) is 127 cm³/mol.